The minimum atomic E-state index is -4.06. The topological polar surface area (TPSA) is 156 Å². The van der Waals surface area contributed by atoms with Gasteiger partial charge in [-0.15, -0.1) is 0 Å². The Morgan fingerprint density at radius 3 is 2.75 bits per heavy atom. The van der Waals surface area contributed by atoms with E-state index in [-0.39, 0.29) is 11.4 Å². The van der Waals surface area contributed by atoms with Crippen molar-refractivity contribution in [2.45, 2.75) is 38.5 Å². The number of sulfonamides is 1. The monoisotopic (exact) mass is 612 g/mol. The smallest absolute Gasteiger partial charge is 0.251 e. The van der Waals surface area contributed by atoms with E-state index in [1.807, 2.05) is 10.6 Å². The maximum Gasteiger partial charge on any atom is 0.251 e. The first-order valence-electron chi connectivity index (χ1n) is 13.8. The van der Waals surface area contributed by atoms with Gasteiger partial charge in [-0.1, -0.05) is 0 Å². The Kier molecular flexibility index (Phi) is 7.13. The van der Waals surface area contributed by atoms with E-state index in [0.717, 1.165) is 16.9 Å². The van der Waals surface area contributed by atoms with Gasteiger partial charge in [0.25, 0.3) is 5.62 Å². The number of halogens is 1. The molecule has 0 saturated carbocycles. The zero-order valence-corrected chi connectivity index (χ0v) is 25.3. The fourth-order valence-corrected chi connectivity index (χ4v) is 6.26. The third kappa shape index (κ3) is 5.61. The molecule has 12 nitrogen and oxygen atoms in total. The summed E-state index contributed by atoms with van der Waals surface area (Å²) >= 11 is 0. The molecule has 44 heavy (non-hydrogen) atoms. The van der Waals surface area contributed by atoms with Crippen LogP contribution >= 0.6 is 0 Å². The van der Waals surface area contributed by atoms with Crippen LogP contribution in [0.15, 0.2) is 60.1 Å². The SMILES string of the molecule is Cc1cc(F)c(NS(=O)(=O)Cc2cc(C(C)(C)C#N)ccn2)cc1-c1cc2cnc(=Nc3cnn(C)c3)nc-2n2c1NCC2. The molecular weight excluding hydrogens is 583 g/mol. The molecule has 0 fully saturated rings. The van der Waals surface area contributed by atoms with Crippen LogP contribution in [0.5, 0.6) is 0 Å². The quantitative estimate of drug-likeness (QED) is 0.279. The molecule has 0 unspecified atom stereocenters. The van der Waals surface area contributed by atoms with Crippen molar-refractivity contribution in [1.29, 1.82) is 5.26 Å². The van der Waals surface area contributed by atoms with Crippen LogP contribution in [-0.2, 0) is 34.8 Å². The zero-order valence-electron chi connectivity index (χ0n) is 24.5. The first kappa shape index (κ1) is 28.9. The molecule has 224 valence electrons. The fraction of sp³-hybridized carbons (Fsp3) is 0.267. The normalized spacial score (nSPS) is 13.5. The summed E-state index contributed by atoms with van der Waals surface area (Å²) in [6.07, 6.45) is 6.54. The Balaban J connectivity index is 1.36. The number of benzene rings is 1. The molecule has 0 aliphatic carbocycles. The minimum absolute atomic E-state index is 0.183. The van der Waals surface area contributed by atoms with E-state index in [1.165, 1.54) is 18.3 Å². The van der Waals surface area contributed by atoms with Gasteiger partial charge < -0.3 is 9.88 Å². The number of anilines is 2. The number of hydrogen-bond donors (Lipinski definition) is 2. The number of nitrogens with one attached hydrogen (secondary N) is 2. The summed E-state index contributed by atoms with van der Waals surface area (Å²) in [6, 6.07) is 10.2. The van der Waals surface area contributed by atoms with Crippen molar-refractivity contribution in [3.63, 3.8) is 0 Å². The Morgan fingerprint density at radius 2 is 2.00 bits per heavy atom. The van der Waals surface area contributed by atoms with Crippen molar-refractivity contribution in [2.24, 2.45) is 12.0 Å². The summed E-state index contributed by atoms with van der Waals surface area (Å²) in [6.45, 7) is 6.53. The van der Waals surface area contributed by atoms with E-state index in [0.29, 0.717) is 46.9 Å². The predicted octanol–water partition coefficient (Wildman–Crippen LogP) is 4.03. The lowest BCUT2D eigenvalue weighted by Gasteiger charge is -2.19. The fourth-order valence-electron chi connectivity index (χ4n) is 5.15. The highest BCUT2D eigenvalue weighted by Crippen LogP contribution is 2.39. The van der Waals surface area contributed by atoms with Crippen LogP contribution in [0.4, 0.5) is 21.6 Å². The number of nitrogens with zero attached hydrogens (tertiary/aromatic N) is 8. The van der Waals surface area contributed by atoms with Crippen molar-refractivity contribution in [1.82, 2.24) is 29.3 Å². The summed E-state index contributed by atoms with van der Waals surface area (Å²) in [5.74, 6) is 0.261. The third-order valence-electron chi connectivity index (χ3n) is 7.44. The minimum Gasteiger partial charge on any atom is -0.369 e. The van der Waals surface area contributed by atoms with Gasteiger partial charge in [0.15, 0.2) is 0 Å². The summed E-state index contributed by atoms with van der Waals surface area (Å²) in [7, 11) is -2.25. The number of aromatic nitrogens is 6. The number of aryl methyl sites for hydroxylation is 2. The lowest BCUT2D eigenvalue weighted by molar-refractivity contribution is 0.597. The van der Waals surface area contributed by atoms with Crippen molar-refractivity contribution in [3.05, 3.63) is 83.4 Å². The summed E-state index contributed by atoms with van der Waals surface area (Å²) < 4.78 is 47.6. The van der Waals surface area contributed by atoms with Gasteiger partial charge in [-0.25, -0.2) is 22.8 Å². The molecule has 0 saturated heterocycles. The van der Waals surface area contributed by atoms with Gasteiger partial charge in [0.05, 0.1) is 35.3 Å². The van der Waals surface area contributed by atoms with Crippen molar-refractivity contribution >= 4 is 27.2 Å². The molecule has 2 N–H and O–H groups in total. The second-order valence-corrected chi connectivity index (χ2v) is 12.9. The van der Waals surface area contributed by atoms with Gasteiger partial charge in [0.1, 0.15) is 28.9 Å². The lowest BCUT2D eigenvalue weighted by Crippen LogP contribution is -2.19. The van der Waals surface area contributed by atoms with Crippen LogP contribution < -0.4 is 15.7 Å². The molecule has 2 aromatic heterocycles. The highest BCUT2D eigenvalue weighted by atomic mass is 32.2. The summed E-state index contributed by atoms with van der Waals surface area (Å²) in [5, 5.41) is 17.0. The van der Waals surface area contributed by atoms with Crippen LogP contribution in [-0.4, -0.2) is 44.3 Å². The molecule has 0 spiro atoms. The molecular formula is C30H29FN10O2S. The summed E-state index contributed by atoms with van der Waals surface area (Å²) in [4.78, 5) is 17.7. The lowest BCUT2D eigenvalue weighted by atomic mass is 9.87. The van der Waals surface area contributed by atoms with Crippen LogP contribution in [0.25, 0.3) is 22.5 Å². The Morgan fingerprint density at radius 1 is 1.18 bits per heavy atom. The molecule has 5 heterocycles. The van der Waals surface area contributed by atoms with Crippen LogP contribution in [0.1, 0.15) is 30.7 Å². The molecule has 1 aromatic carbocycles. The van der Waals surface area contributed by atoms with E-state index in [1.54, 1.807) is 63.2 Å². The van der Waals surface area contributed by atoms with Gasteiger partial charge >= 0.3 is 0 Å². The van der Waals surface area contributed by atoms with E-state index in [2.05, 4.69) is 41.2 Å². The summed E-state index contributed by atoms with van der Waals surface area (Å²) in [5.41, 5.74) is 3.58. The number of pyridine rings is 2. The molecule has 6 rings (SSSR count). The highest BCUT2D eigenvalue weighted by Gasteiger charge is 2.25. The van der Waals surface area contributed by atoms with Gasteiger partial charge in [-0.2, -0.15) is 15.3 Å². The average Bonchev–Trinajstić information content (AvgIpc) is 3.63. The number of fused-ring (bicyclic) bond motifs is 3. The average molecular weight is 613 g/mol. The maximum atomic E-state index is 15.2. The molecule has 3 aromatic rings. The molecule has 0 radical (unpaired) electrons. The van der Waals surface area contributed by atoms with E-state index in [4.69, 9.17) is 0 Å². The van der Waals surface area contributed by atoms with Crippen molar-refractivity contribution in [3.8, 4) is 28.6 Å². The molecule has 0 atom stereocenters. The van der Waals surface area contributed by atoms with Crippen molar-refractivity contribution < 1.29 is 12.8 Å². The highest BCUT2D eigenvalue weighted by molar-refractivity contribution is 7.91. The standard InChI is InChI=1S/C30H29FN10O2S/c1-18-9-25(31)26(39-44(42,43)16-21-11-20(5-6-33-21)30(2,3)17-32)12-23(18)24-10-19-13-35-29(37-22-14-36-40(4)15-22)38-27(19)41-8-7-34-28(24)41/h5-6,9-15,34,39H,7-8,16H2,1-4H3. The molecule has 3 aliphatic heterocycles. The van der Waals surface area contributed by atoms with Crippen LogP contribution in [0, 0.1) is 24.1 Å². The van der Waals surface area contributed by atoms with Crippen LogP contribution in [0.3, 0.4) is 0 Å². The van der Waals surface area contributed by atoms with E-state index >= 15 is 4.39 Å². The molecule has 14 heteroatoms. The van der Waals surface area contributed by atoms with Gasteiger partial charge in [-0.3, -0.25) is 14.4 Å². The maximum absolute atomic E-state index is 15.2. The molecule has 0 amide bonds. The van der Waals surface area contributed by atoms with Gasteiger partial charge in [0, 0.05) is 43.7 Å². The number of hydrogen-bond acceptors (Lipinski definition) is 9. The zero-order chi connectivity index (χ0) is 31.2. The van der Waals surface area contributed by atoms with Gasteiger partial charge in [-0.05, 0) is 67.8 Å². The van der Waals surface area contributed by atoms with E-state index < -0.39 is 27.0 Å². The predicted molar refractivity (Wildman–Crippen MR) is 163 cm³/mol. The second-order valence-electron chi connectivity index (χ2n) is 11.2. The first-order valence-corrected chi connectivity index (χ1v) is 15.4. The Hall–Kier alpha value is -5.16. The van der Waals surface area contributed by atoms with E-state index in [9.17, 15) is 13.7 Å². The second kappa shape index (κ2) is 10.8. The Bertz CT molecular complexity index is 2110. The van der Waals surface area contributed by atoms with Crippen LogP contribution in [0.2, 0.25) is 0 Å². The largest absolute Gasteiger partial charge is 0.369 e. The van der Waals surface area contributed by atoms with Crippen molar-refractivity contribution in [2.75, 3.05) is 16.6 Å². The van der Waals surface area contributed by atoms with Gasteiger partial charge in [0.2, 0.25) is 10.0 Å². The first-order chi connectivity index (χ1) is 20.9. The molecule has 0 bridgehead atoms. The molecule has 3 aliphatic rings. The number of rotatable bonds is 7. The number of nitriles is 1. The Labute approximate surface area is 253 Å². The third-order valence-corrected chi connectivity index (χ3v) is 8.64.